The SMILES string of the molecule is NS(=O)(=O)c1cccc(CNc2cc(Nc3cccc(OC(=O)C(F)(F)F)c3)ncn2)c1. The Balaban J connectivity index is 1.67. The van der Waals surface area contributed by atoms with E-state index in [-0.39, 0.29) is 17.2 Å². The highest BCUT2D eigenvalue weighted by Gasteiger charge is 2.41. The van der Waals surface area contributed by atoms with Gasteiger partial charge in [0.1, 0.15) is 23.7 Å². The van der Waals surface area contributed by atoms with Crippen LogP contribution < -0.4 is 20.5 Å². The molecule has 3 rings (SSSR count). The number of aromatic nitrogens is 2. The van der Waals surface area contributed by atoms with E-state index < -0.39 is 22.2 Å². The third kappa shape index (κ3) is 6.39. The van der Waals surface area contributed by atoms with Crippen molar-refractivity contribution in [1.82, 2.24) is 9.97 Å². The van der Waals surface area contributed by atoms with Crippen LogP contribution in [0.3, 0.4) is 0 Å². The number of nitrogens with one attached hydrogen (secondary N) is 2. The van der Waals surface area contributed by atoms with Gasteiger partial charge in [0.05, 0.1) is 4.90 Å². The lowest BCUT2D eigenvalue weighted by molar-refractivity contribution is -0.189. The van der Waals surface area contributed by atoms with Crippen LogP contribution in [0.15, 0.2) is 65.8 Å². The summed E-state index contributed by atoms with van der Waals surface area (Å²) in [6.07, 6.45) is -3.86. The highest BCUT2D eigenvalue weighted by molar-refractivity contribution is 7.89. The highest BCUT2D eigenvalue weighted by Crippen LogP contribution is 2.24. The lowest BCUT2D eigenvalue weighted by Crippen LogP contribution is -2.27. The fraction of sp³-hybridized carbons (Fsp3) is 0.105. The summed E-state index contributed by atoms with van der Waals surface area (Å²) >= 11 is 0. The van der Waals surface area contributed by atoms with Gasteiger partial charge >= 0.3 is 12.1 Å². The van der Waals surface area contributed by atoms with Crippen LogP contribution in [0.5, 0.6) is 5.75 Å². The van der Waals surface area contributed by atoms with Crippen molar-refractivity contribution in [2.45, 2.75) is 17.6 Å². The summed E-state index contributed by atoms with van der Waals surface area (Å²) in [5.41, 5.74) is 0.965. The number of primary sulfonamides is 1. The third-order valence-electron chi connectivity index (χ3n) is 3.92. The van der Waals surface area contributed by atoms with Crippen LogP contribution in [0.2, 0.25) is 0 Å². The molecule has 0 bridgehead atoms. The van der Waals surface area contributed by atoms with Gasteiger partial charge in [0, 0.05) is 24.4 Å². The second kappa shape index (κ2) is 9.20. The highest BCUT2D eigenvalue weighted by atomic mass is 32.2. The number of rotatable bonds is 7. The Morgan fingerprint density at radius 2 is 1.75 bits per heavy atom. The molecule has 0 aliphatic carbocycles. The number of hydrogen-bond acceptors (Lipinski definition) is 8. The molecular formula is C19H16F3N5O4S. The van der Waals surface area contributed by atoms with E-state index in [1.807, 2.05) is 0 Å². The van der Waals surface area contributed by atoms with Crippen LogP contribution >= 0.6 is 0 Å². The van der Waals surface area contributed by atoms with E-state index in [1.54, 1.807) is 18.2 Å². The molecule has 3 aromatic rings. The van der Waals surface area contributed by atoms with Crippen LogP contribution in [-0.4, -0.2) is 30.5 Å². The molecule has 0 amide bonds. The summed E-state index contributed by atoms with van der Waals surface area (Å²) in [7, 11) is -3.83. The number of nitrogens with zero attached hydrogens (tertiary/aromatic N) is 2. The molecule has 0 spiro atoms. The molecule has 1 aromatic heterocycles. The minimum absolute atomic E-state index is 0.0204. The van der Waals surface area contributed by atoms with E-state index in [1.165, 1.54) is 42.7 Å². The first kappa shape index (κ1) is 23.0. The van der Waals surface area contributed by atoms with Crippen molar-refractivity contribution >= 4 is 33.3 Å². The van der Waals surface area contributed by atoms with E-state index in [2.05, 4.69) is 25.3 Å². The lowest BCUT2D eigenvalue weighted by Gasteiger charge is -2.11. The molecule has 1 heterocycles. The average molecular weight is 467 g/mol. The van der Waals surface area contributed by atoms with Crippen molar-refractivity contribution in [2.75, 3.05) is 10.6 Å². The van der Waals surface area contributed by atoms with Crippen LogP contribution in [0.25, 0.3) is 0 Å². The number of esters is 1. The van der Waals surface area contributed by atoms with Gasteiger partial charge < -0.3 is 15.4 Å². The maximum Gasteiger partial charge on any atom is 0.491 e. The van der Waals surface area contributed by atoms with Gasteiger partial charge in [-0.2, -0.15) is 13.2 Å². The molecule has 0 radical (unpaired) electrons. The van der Waals surface area contributed by atoms with Gasteiger partial charge in [-0.3, -0.25) is 0 Å². The molecule has 0 saturated heterocycles. The first-order valence-corrected chi connectivity index (χ1v) is 10.4. The zero-order valence-corrected chi connectivity index (χ0v) is 16.9. The monoisotopic (exact) mass is 467 g/mol. The molecule has 0 aliphatic rings. The van der Waals surface area contributed by atoms with Gasteiger partial charge in [0.2, 0.25) is 10.0 Å². The molecule has 0 atom stereocenters. The Hall–Kier alpha value is -3.71. The normalized spacial score (nSPS) is 11.6. The minimum atomic E-state index is -5.11. The van der Waals surface area contributed by atoms with Gasteiger partial charge in [0.25, 0.3) is 0 Å². The maximum absolute atomic E-state index is 12.4. The lowest BCUT2D eigenvalue weighted by atomic mass is 10.2. The van der Waals surface area contributed by atoms with Gasteiger partial charge in [-0.15, -0.1) is 0 Å². The number of anilines is 3. The summed E-state index contributed by atoms with van der Waals surface area (Å²) in [5.74, 6) is -1.92. The number of carbonyl (C=O) groups excluding carboxylic acids is 1. The summed E-state index contributed by atoms with van der Waals surface area (Å²) in [6, 6.07) is 13.0. The van der Waals surface area contributed by atoms with E-state index in [0.717, 1.165) is 0 Å². The zero-order chi connectivity index (χ0) is 23.4. The molecule has 13 heteroatoms. The number of benzene rings is 2. The first-order valence-electron chi connectivity index (χ1n) is 8.84. The molecule has 0 unspecified atom stereocenters. The number of alkyl halides is 3. The molecule has 0 saturated carbocycles. The van der Waals surface area contributed by atoms with Gasteiger partial charge in [0.15, 0.2) is 0 Å². The smallest absolute Gasteiger partial charge is 0.420 e. The number of ether oxygens (including phenoxy) is 1. The molecule has 9 nitrogen and oxygen atoms in total. The molecule has 32 heavy (non-hydrogen) atoms. The fourth-order valence-corrected chi connectivity index (χ4v) is 3.08. The van der Waals surface area contributed by atoms with Crippen LogP contribution in [0, 0.1) is 0 Å². The molecule has 0 fully saturated rings. The second-order valence-corrected chi connectivity index (χ2v) is 7.94. The largest absolute Gasteiger partial charge is 0.491 e. The number of halogens is 3. The van der Waals surface area contributed by atoms with Crippen LogP contribution in [0.4, 0.5) is 30.5 Å². The molecule has 168 valence electrons. The molecule has 0 aliphatic heterocycles. The number of carbonyl (C=O) groups is 1. The Morgan fingerprint density at radius 3 is 2.47 bits per heavy atom. The summed E-state index contributed by atoms with van der Waals surface area (Å²) in [5, 5.41) is 11.0. The van der Waals surface area contributed by atoms with E-state index in [9.17, 15) is 26.4 Å². The fourth-order valence-electron chi connectivity index (χ4n) is 2.50. The van der Waals surface area contributed by atoms with Crippen molar-refractivity contribution in [3.05, 3.63) is 66.5 Å². The molecule has 4 N–H and O–H groups in total. The Bertz CT molecular complexity index is 1240. The van der Waals surface area contributed by atoms with Crippen LogP contribution in [0.1, 0.15) is 5.56 Å². The van der Waals surface area contributed by atoms with Crippen molar-refractivity contribution in [1.29, 1.82) is 0 Å². The number of sulfonamides is 1. The van der Waals surface area contributed by atoms with Crippen molar-refractivity contribution < 1.29 is 31.1 Å². The Kier molecular flexibility index (Phi) is 6.60. The summed E-state index contributed by atoms with van der Waals surface area (Å²) in [4.78, 5) is 19.0. The van der Waals surface area contributed by atoms with Crippen LogP contribution in [-0.2, 0) is 21.4 Å². The van der Waals surface area contributed by atoms with E-state index in [0.29, 0.717) is 22.9 Å². The minimum Gasteiger partial charge on any atom is -0.420 e. The molecular weight excluding hydrogens is 451 g/mol. The summed E-state index contributed by atoms with van der Waals surface area (Å²) < 4.78 is 64.3. The third-order valence-corrected chi connectivity index (χ3v) is 4.83. The van der Waals surface area contributed by atoms with Crippen molar-refractivity contribution in [3.63, 3.8) is 0 Å². The predicted molar refractivity (Wildman–Crippen MR) is 109 cm³/mol. The topological polar surface area (TPSA) is 136 Å². The van der Waals surface area contributed by atoms with Crippen molar-refractivity contribution in [3.8, 4) is 5.75 Å². The quantitative estimate of drug-likeness (QED) is 0.356. The maximum atomic E-state index is 12.4. The van der Waals surface area contributed by atoms with Gasteiger partial charge in [-0.05, 0) is 29.8 Å². The zero-order valence-electron chi connectivity index (χ0n) is 16.1. The van der Waals surface area contributed by atoms with Gasteiger partial charge in [-0.1, -0.05) is 18.2 Å². The molecule has 2 aromatic carbocycles. The first-order chi connectivity index (χ1) is 15.0. The Labute approximate surface area is 180 Å². The van der Waals surface area contributed by atoms with Crippen molar-refractivity contribution in [2.24, 2.45) is 5.14 Å². The average Bonchev–Trinajstić information content (AvgIpc) is 2.72. The predicted octanol–water partition coefficient (Wildman–Crippen LogP) is 2.95. The van der Waals surface area contributed by atoms with Gasteiger partial charge in [-0.25, -0.2) is 28.3 Å². The van der Waals surface area contributed by atoms with E-state index >= 15 is 0 Å². The standard InChI is InChI=1S/C19H16F3N5O4S/c20-19(21,22)18(28)31-14-5-2-4-13(8-14)27-17-9-16(25-11-26-17)24-10-12-3-1-6-15(7-12)32(23,29)30/h1-9,11H,10H2,(H2,23,29,30)(H2,24,25,26,27). The number of nitrogens with two attached hydrogens (primary N) is 1. The van der Waals surface area contributed by atoms with E-state index in [4.69, 9.17) is 5.14 Å². The summed E-state index contributed by atoms with van der Waals surface area (Å²) in [6.45, 7) is 0.239. The Morgan fingerprint density at radius 1 is 1.03 bits per heavy atom. The second-order valence-electron chi connectivity index (χ2n) is 6.37. The number of hydrogen-bond donors (Lipinski definition) is 3.